The molecule has 0 saturated heterocycles. The SMILES string of the molecule is Cc1ccc(Cl)c(OCc2c(F)cccc2-n2nnn(C)c2=O)c1. The summed E-state index contributed by atoms with van der Waals surface area (Å²) in [5, 5.41) is 7.81. The van der Waals surface area contributed by atoms with Crippen molar-refractivity contribution >= 4 is 11.6 Å². The molecule has 8 heteroatoms. The number of nitrogens with zero attached hydrogens (tertiary/aromatic N) is 4. The Balaban J connectivity index is 1.98. The van der Waals surface area contributed by atoms with E-state index in [1.54, 1.807) is 18.2 Å². The first-order valence-electron chi connectivity index (χ1n) is 7.13. The van der Waals surface area contributed by atoms with E-state index >= 15 is 0 Å². The predicted molar refractivity (Wildman–Crippen MR) is 87.1 cm³/mol. The Labute approximate surface area is 142 Å². The molecule has 6 nitrogen and oxygen atoms in total. The third kappa shape index (κ3) is 3.03. The van der Waals surface area contributed by atoms with Crippen LogP contribution in [0, 0.1) is 12.7 Å². The van der Waals surface area contributed by atoms with Crippen molar-refractivity contribution in [2.75, 3.05) is 0 Å². The minimum atomic E-state index is -0.506. The van der Waals surface area contributed by atoms with Crippen molar-refractivity contribution in [1.82, 2.24) is 19.8 Å². The average Bonchev–Trinajstić information content (AvgIpc) is 2.88. The molecule has 0 spiro atoms. The van der Waals surface area contributed by atoms with E-state index in [2.05, 4.69) is 10.4 Å². The van der Waals surface area contributed by atoms with E-state index < -0.39 is 11.5 Å². The fraction of sp³-hybridized carbons (Fsp3) is 0.188. The van der Waals surface area contributed by atoms with Crippen LogP contribution in [0.15, 0.2) is 41.2 Å². The molecular formula is C16H14ClFN4O2. The summed E-state index contributed by atoms with van der Waals surface area (Å²) in [6.45, 7) is 1.80. The predicted octanol–water partition coefficient (Wildman–Crippen LogP) is 2.65. The van der Waals surface area contributed by atoms with E-state index in [4.69, 9.17) is 16.3 Å². The van der Waals surface area contributed by atoms with Gasteiger partial charge in [-0.15, -0.1) is 0 Å². The Morgan fingerprint density at radius 3 is 2.75 bits per heavy atom. The van der Waals surface area contributed by atoms with Crippen LogP contribution < -0.4 is 10.4 Å². The first-order valence-corrected chi connectivity index (χ1v) is 7.51. The number of hydrogen-bond acceptors (Lipinski definition) is 4. The van der Waals surface area contributed by atoms with E-state index in [1.165, 1.54) is 19.2 Å². The van der Waals surface area contributed by atoms with Gasteiger partial charge in [0.2, 0.25) is 0 Å². The highest BCUT2D eigenvalue weighted by Crippen LogP contribution is 2.27. The minimum absolute atomic E-state index is 0.103. The largest absolute Gasteiger partial charge is 0.487 e. The van der Waals surface area contributed by atoms with Crippen LogP contribution in [0.2, 0.25) is 5.02 Å². The average molecular weight is 349 g/mol. The van der Waals surface area contributed by atoms with Crippen molar-refractivity contribution < 1.29 is 9.13 Å². The molecule has 24 heavy (non-hydrogen) atoms. The van der Waals surface area contributed by atoms with Crippen molar-refractivity contribution in [3.8, 4) is 11.4 Å². The second-order valence-electron chi connectivity index (χ2n) is 5.26. The molecule has 0 aliphatic rings. The van der Waals surface area contributed by atoms with Gasteiger partial charge >= 0.3 is 5.69 Å². The molecule has 1 aromatic heterocycles. The van der Waals surface area contributed by atoms with Gasteiger partial charge in [-0.25, -0.2) is 9.18 Å². The summed E-state index contributed by atoms with van der Waals surface area (Å²) < 4.78 is 22.0. The molecule has 0 N–H and O–H groups in total. The maximum Gasteiger partial charge on any atom is 0.368 e. The summed E-state index contributed by atoms with van der Waals surface area (Å²) in [6.07, 6.45) is 0. The van der Waals surface area contributed by atoms with Gasteiger partial charge in [0.15, 0.2) is 0 Å². The van der Waals surface area contributed by atoms with Crippen molar-refractivity contribution in [3.63, 3.8) is 0 Å². The summed E-state index contributed by atoms with van der Waals surface area (Å²) >= 11 is 6.09. The molecule has 0 saturated carbocycles. The molecule has 0 atom stereocenters. The van der Waals surface area contributed by atoms with Crippen LogP contribution in [-0.2, 0) is 13.7 Å². The summed E-state index contributed by atoms with van der Waals surface area (Å²) in [5.41, 5.74) is 0.957. The quantitative estimate of drug-likeness (QED) is 0.727. The fourth-order valence-corrected chi connectivity index (χ4v) is 2.40. The number of rotatable bonds is 4. The molecule has 0 radical (unpaired) electrons. The van der Waals surface area contributed by atoms with E-state index in [0.29, 0.717) is 10.8 Å². The van der Waals surface area contributed by atoms with E-state index in [1.807, 2.05) is 13.0 Å². The highest BCUT2D eigenvalue weighted by Gasteiger charge is 2.16. The van der Waals surface area contributed by atoms with Gasteiger partial charge in [0, 0.05) is 7.05 Å². The molecule has 3 aromatic rings. The Bertz CT molecular complexity index is 951. The standard InChI is InChI=1S/C16H14ClFN4O2/c1-10-6-7-12(17)15(8-10)24-9-11-13(18)4-3-5-14(11)22-16(23)21(2)19-20-22/h3-8H,9H2,1-2H3. The van der Waals surface area contributed by atoms with E-state index in [-0.39, 0.29) is 17.9 Å². The van der Waals surface area contributed by atoms with Crippen LogP contribution in [0.5, 0.6) is 5.75 Å². The molecule has 0 aliphatic carbocycles. The normalized spacial score (nSPS) is 10.8. The van der Waals surface area contributed by atoms with E-state index in [9.17, 15) is 9.18 Å². The lowest BCUT2D eigenvalue weighted by Gasteiger charge is -2.12. The number of halogens is 2. The molecular weight excluding hydrogens is 335 g/mol. The van der Waals surface area contributed by atoms with Gasteiger partial charge in [-0.2, -0.15) is 9.36 Å². The van der Waals surface area contributed by atoms with Gasteiger partial charge in [0.1, 0.15) is 18.2 Å². The van der Waals surface area contributed by atoms with Gasteiger partial charge in [-0.3, -0.25) is 0 Å². The number of aryl methyl sites for hydroxylation is 2. The molecule has 3 rings (SSSR count). The number of ether oxygens (including phenoxy) is 1. The van der Waals surface area contributed by atoms with Crippen LogP contribution in [0.4, 0.5) is 4.39 Å². The van der Waals surface area contributed by atoms with Crippen molar-refractivity contribution in [2.24, 2.45) is 7.05 Å². The number of tetrazole rings is 1. The minimum Gasteiger partial charge on any atom is -0.487 e. The number of benzene rings is 2. The maximum atomic E-state index is 14.3. The zero-order chi connectivity index (χ0) is 17.3. The number of aromatic nitrogens is 4. The lowest BCUT2D eigenvalue weighted by molar-refractivity contribution is 0.299. The molecule has 2 aromatic carbocycles. The van der Waals surface area contributed by atoms with Gasteiger partial charge in [-0.05, 0) is 47.2 Å². The third-order valence-corrected chi connectivity index (χ3v) is 3.81. The lowest BCUT2D eigenvalue weighted by Crippen LogP contribution is -2.23. The molecule has 1 heterocycles. The van der Waals surface area contributed by atoms with Crippen LogP contribution in [0.1, 0.15) is 11.1 Å². The first kappa shape index (κ1) is 16.2. The second-order valence-corrected chi connectivity index (χ2v) is 5.66. The monoisotopic (exact) mass is 348 g/mol. The Morgan fingerprint density at radius 1 is 1.25 bits per heavy atom. The zero-order valence-corrected chi connectivity index (χ0v) is 13.8. The molecule has 124 valence electrons. The van der Waals surface area contributed by atoms with Gasteiger partial charge in [0.25, 0.3) is 0 Å². The fourth-order valence-electron chi connectivity index (χ4n) is 2.22. The zero-order valence-electron chi connectivity index (χ0n) is 13.0. The molecule has 0 aliphatic heterocycles. The highest BCUT2D eigenvalue weighted by molar-refractivity contribution is 6.32. The van der Waals surface area contributed by atoms with Gasteiger partial charge in [-0.1, -0.05) is 23.7 Å². The second kappa shape index (κ2) is 6.45. The maximum absolute atomic E-state index is 14.3. The molecule has 0 bridgehead atoms. The lowest BCUT2D eigenvalue weighted by atomic mass is 10.1. The van der Waals surface area contributed by atoms with E-state index in [0.717, 1.165) is 14.9 Å². The summed E-state index contributed by atoms with van der Waals surface area (Å²) in [4.78, 5) is 12.0. The third-order valence-electron chi connectivity index (χ3n) is 3.50. The Kier molecular flexibility index (Phi) is 4.35. The summed E-state index contributed by atoms with van der Waals surface area (Å²) in [7, 11) is 1.47. The first-order chi connectivity index (χ1) is 11.5. The van der Waals surface area contributed by atoms with Crippen LogP contribution in [-0.4, -0.2) is 19.8 Å². The molecule has 0 fully saturated rings. The van der Waals surface area contributed by atoms with Crippen molar-refractivity contribution in [1.29, 1.82) is 0 Å². The smallest absolute Gasteiger partial charge is 0.368 e. The van der Waals surface area contributed by atoms with Crippen LogP contribution >= 0.6 is 11.6 Å². The Morgan fingerprint density at radius 2 is 2.04 bits per heavy atom. The van der Waals surface area contributed by atoms with Crippen molar-refractivity contribution in [3.05, 3.63) is 68.8 Å². The molecule has 0 unspecified atom stereocenters. The topological polar surface area (TPSA) is 61.9 Å². The number of hydrogen-bond donors (Lipinski definition) is 0. The van der Waals surface area contributed by atoms with Crippen LogP contribution in [0.25, 0.3) is 5.69 Å². The van der Waals surface area contributed by atoms with Gasteiger partial charge < -0.3 is 4.74 Å². The van der Waals surface area contributed by atoms with Gasteiger partial charge in [0.05, 0.1) is 16.3 Å². The van der Waals surface area contributed by atoms with Crippen molar-refractivity contribution in [2.45, 2.75) is 13.5 Å². The summed E-state index contributed by atoms with van der Waals surface area (Å²) in [5.74, 6) is -0.0637. The highest BCUT2D eigenvalue weighted by atomic mass is 35.5. The van der Waals surface area contributed by atoms with Crippen LogP contribution in [0.3, 0.4) is 0 Å². The molecule has 0 amide bonds. The summed E-state index contributed by atoms with van der Waals surface area (Å²) in [6, 6.07) is 9.69. The Hall–Kier alpha value is -2.67.